The first-order valence-corrected chi connectivity index (χ1v) is 6.28. The zero-order chi connectivity index (χ0) is 13.1. The van der Waals surface area contributed by atoms with Crippen molar-refractivity contribution in [3.8, 4) is 5.69 Å². The Labute approximate surface area is 113 Å². The highest BCUT2D eigenvalue weighted by Crippen LogP contribution is 2.16. The normalized spacial score (nSPS) is 10.4. The molecule has 0 amide bonds. The maximum absolute atomic E-state index is 11.8. The van der Waals surface area contributed by atoms with Gasteiger partial charge in [0.05, 0.1) is 12.3 Å². The molecule has 0 saturated carbocycles. The molecule has 0 aliphatic heterocycles. The molecule has 0 radical (unpaired) electrons. The molecular formula is C12H12BrN3O2. The van der Waals surface area contributed by atoms with Crippen LogP contribution in [0, 0.1) is 6.92 Å². The average Bonchev–Trinajstić information content (AvgIpc) is 2.72. The Balaban J connectivity index is 2.47. The summed E-state index contributed by atoms with van der Waals surface area (Å²) in [4.78, 5) is 15.9. The van der Waals surface area contributed by atoms with Gasteiger partial charge in [0.15, 0.2) is 0 Å². The summed E-state index contributed by atoms with van der Waals surface area (Å²) in [5.74, 6) is 0.239. The van der Waals surface area contributed by atoms with Crippen LogP contribution in [0.3, 0.4) is 0 Å². The van der Waals surface area contributed by atoms with E-state index in [0.29, 0.717) is 12.4 Å². The summed E-state index contributed by atoms with van der Waals surface area (Å²) in [7, 11) is 0. The van der Waals surface area contributed by atoms with Crippen molar-refractivity contribution in [2.75, 3.05) is 6.61 Å². The Bertz CT molecular complexity index is 580. The van der Waals surface area contributed by atoms with Crippen molar-refractivity contribution in [3.05, 3.63) is 40.4 Å². The number of carbonyl (C=O) groups excluding carboxylic acids is 1. The van der Waals surface area contributed by atoms with Crippen LogP contribution in [0.15, 0.2) is 28.7 Å². The van der Waals surface area contributed by atoms with E-state index in [9.17, 15) is 4.79 Å². The van der Waals surface area contributed by atoms with Gasteiger partial charge in [0.1, 0.15) is 5.82 Å². The SMILES string of the molecule is CCOC(=O)c1nc(C)nn1-c1cccc(Br)c1. The molecule has 1 heterocycles. The topological polar surface area (TPSA) is 57.0 Å². The number of aromatic nitrogens is 3. The Kier molecular flexibility index (Phi) is 3.76. The highest BCUT2D eigenvalue weighted by atomic mass is 79.9. The first kappa shape index (κ1) is 12.8. The molecule has 2 aromatic rings. The zero-order valence-corrected chi connectivity index (χ0v) is 11.6. The number of hydrogen-bond donors (Lipinski definition) is 0. The third-order valence-corrected chi connectivity index (χ3v) is 2.72. The summed E-state index contributed by atoms with van der Waals surface area (Å²) in [6.45, 7) is 3.80. The molecule has 5 nitrogen and oxygen atoms in total. The van der Waals surface area contributed by atoms with Crippen molar-refractivity contribution >= 4 is 21.9 Å². The fourth-order valence-electron chi connectivity index (χ4n) is 1.53. The Morgan fingerprint density at radius 2 is 2.28 bits per heavy atom. The number of rotatable bonds is 3. The van der Waals surface area contributed by atoms with Crippen LogP contribution in [0.4, 0.5) is 0 Å². The van der Waals surface area contributed by atoms with E-state index in [1.54, 1.807) is 13.8 Å². The third-order valence-electron chi connectivity index (χ3n) is 2.22. The molecule has 0 spiro atoms. The molecule has 0 N–H and O–H groups in total. The van der Waals surface area contributed by atoms with E-state index in [4.69, 9.17) is 4.74 Å². The number of halogens is 1. The van der Waals surface area contributed by atoms with Crippen LogP contribution in [-0.4, -0.2) is 27.3 Å². The van der Waals surface area contributed by atoms with Gasteiger partial charge in [0.25, 0.3) is 0 Å². The van der Waals surface area contributed by atoms with Gasteiger partial charge in [-0.25, -0.2) is 14.5 Å². The van der Waals surface area contributed by atoms with Gasteiger partial charge in [0, 0.05) is 4.47 Å². The Morgan fingerprint density at radius 1 is 1.50 bits per heavy atom. The molecular weight excluding hydrogens is 298 g/mol. The van der Waals surface area contributed by atoms with Crippen LogP contribution in [0.5, 0.6) is 0 Å². The van der Waals surface area contributed by atoms with E-state index < -0.39 is 5.97 Å². The largest absolute Gasteiger partial charge is 0.460 e. The van der Waals surface area contributed by atoms with Gasteiger partial charge in [-0.05, 0) is 32.0 Å². The minimum absolute atomic E-state index is 0.187. The van der Waals surface area contributed by atoms with Crippen molar-refractivity contribution < 1.29 is 9.53 Å². The molecule has 0 saturated heterocycles. The molecule has 0 bridgehead atoms. The predicted molar refractivity (Wildman–Crippen MR) is 69.8 cm³/mol. The van der Waals surface area contributed by atoms with Crippen LogP contribution < -0.4 is 0 Å². The van der Waals surface area contributed by atoms with Gasteiger partial charge in [-0.1, -0.05) is 22.0 Å². The van der Waals surface area contributed by atoms with Gasteiger partial charge in [-0.15, -0.1) is 0 Å². The van der Waals surface area contributed by atoms with Gasteiger partial charge in [-0.3, -0.25) is 0 Å². The average molecular weight is 310 g/mol. The number of carbonyl (C=O) groups is 1. The number of benzene rings is 1. The van der Waals surface area contributed by atoms with Crippen molar-refractivity contribution in [3.63, 3.8) is 0 Å². The summed E-state index contributed by atoms with van der Waals surface area (Å²) >= 11 is 3.38. The standard InChI is InChI=1S/C12H12BrN3O2/c1-3-18-12(17)11-14-8(2)15-16(11)10-6-4-5-9(13)7-10/h4-7H,3H2,1-2H3. The third kappa shape index (κ3) is 2.59. The minimum Gasteiger partial charge on any atom is -0.460 e. The summed E-state index contributed by atoms with van der Waals surface area (Å²) in [6.07, 6.45) is 0. The van der Waals surface area contributed by atoms with Crippen LogP contribution in [0.1, 0.15) is 23.4 Å². The van der Waals surface area contributed by atoms with Crippen molar-refractivity contribution in [1.29, 1.82) is 0 Å². The summed E-state index contributed by atoms with van der Waals surface area (Å²) in [5, 5.41) is 4.21. The molecule has 6 heteroatoms. The fourth-order valence-corrected chi connectivity index (χ4v) is 1.92. The van der Waals surface area contributed by atoms with Crippen molar-refractivity contribution in [2.45, 2.75) is 13.8 Å². The van der Waals surface area contributed by atoms with Gasteiger partial charge < -0.3 is 4.74 Å². The lowest BCUT2D eigenvalue weighted by molar-refractivity contribution is 0.0508. The summed E-state index contributed by atoms with van der Waals surface area (Å²) in [5.41, 5.74) is 0.757. The van der Waals surface area contributed by atoms with E-state index in [1.165, 1.54) is 4.68 Å². The maximum Gasteiger partial charge on any atom is 0.376 e. The summed E-state index contributed by atoms with van der Waals surface area (Å²) in [6, 6.07) is 7.47. The monoisotopic (exact) mass is 309 g/mol. The van der Waals surface area contributed by atoms with E-state index in [0.717, 1.165) is 10.2 Å². The van der Waals surface area contributed by atoms with E-state index in [2.05, 4.69) is 26.0 Å². The molecule has 1 aromatic heterocycles. The van der Waals surface area contributed by atoms with Gasteiger partial charge in [0.2, 0.25) is 5.82 Å². The van der Waals surface area contributed by atoms with Gasteiger partial charge >= 0.3 is 5.97 Å². The number of ether oxygens (including phenoxy) is 1. The predicted octanol–water partition coefficient (Wildman–Crippen LogP) is 2.51. The van der Waals surface area contributed by atoms with E-state index in [-0.39, 0.29) is 5.82 Å². The van der Waals surface area contributed by atoms with Crippen LogP contribution in [0.2, 0.25) is 0 Å². The second-order valence-electron chi connectivity index (χ2n) is 3.59. The number of hydrogen-bond acceptors (Lipinski definition) is 4. The fraction of sp³-hybridized carbons (Fsp3) is 0.250. The van der Waals surface area contributed by atoms with Gasteiger partial charge in [-0.2, -0.15) is 5.10 Å². The highest BCUT2D eigenvalue weighted by molar-refractivity contribution is 9.10. The number of esters is 1. The van der Waals surface area contributed by atoms with E-state index in [1.807, 2.05) is 24.3 Å². The lowest BCUT2D eigenvalue weighted by Crippen LogP contribution is -2.13. The summed E-state index contributed by atoms with van der Waals surface area (Å²) < 4.78 is 7.35. The molecule has 94 valence electrons. The molecule has 1 aromatic carbocycles. The molecule has 0 atom stereocenters. The second kappa shape index (κ2) is 5.30. The second-order valence-corrected chi connectivity index (χ2v) is 4.51. The Morgan fingerprint density at radius 3 is 2.94 bits per heavy atom. The van der Waals surface area contributed by atoms with Crippen LogP contribution >= 0.6 is 15.9 Å². The lowest BCUT2D eigenvalue weighted by Gasteiger charge is -2.05. The number of nitrogens with zero attached hydrogens (tertiary/aromatic N) is 3. The molecule has 18 heavy (non-hydrogen) atoms. The molecule has 0 aliphatic carbocycles. The quantitative estimate of drug-likeness (QED) is 0.817. The molecule has 2 rings (SSSR count). The highest BCUT2D eigenvalue weighted by Gasteiger charge is 2.18. The molecule has 0 aliphatic rings. The van der Waals surface area contributed by atoms with Crippen molar-refractivity contribution in [2.24, 2.45) is 0 Å². The Hall–Kier alpha value is -1.69. The first-order chi connectivity index (χ1) is 8.61. The molecule has 0 fully saturated rings. The zero-order valence-electron chi connectivity index (χ0n) is 10.1. The first-order valence-electron chi connectivity index (χ1n) is 5.48. The smallest absolute Gasteiger partial charge is 0.376 e. The minimum atomic E-state index is -0.474. The van der Waals surface area contributed by atoms with Crippen molar-refractivity contribution in [1.82, 2.24) is 14.8 Å². The van der Waals surface area contributed by atoms with Crippen LogP contribution in [0.25, 0.3) is 5.69 Å². The van der Waals surface area contributed by atoms with E-state index >= 15 is 0 Å². The molecule has 0 unspecified atom stereocenters. The van der Waals surface area contributed by atoms with Crippen LogP contribution in [-0.2, 0) is 4.74 Å². The lowest BCUT2D eigenvalue weighted by atomic mass is 10.3. The maximum atomic E-state index is 11.8. The number of aryl methyl sites for hydroxylation is 1.